The molecule has 3 heteroatoms. The molecule has 2 nitrogen and oxygen atoms in total. The molecule has 0 heterocycles. The van der Waals surface area contributed by atoms with Gasteiger partial charge in [0.05, 0.1) is 6.61 Å². The van der Waals surface area contributed by atoms with Gasteiger partial charge in [0, 0.05) is 6.61 Å². The molecule has 0 atom stereocenters. The van der Waals surface area contributed by atoms with Gasteiger partial charge in [-0.3, -0.25) is 0 Å². The fraction of sp³-hybridized carbons (Fsp3) is 0.786. The summed E-state index contributed by atoms with van der Waals surface area (Å²) < 4.78 is 10.7. The Balaban J connectivity index is 0. The summed E-state index contributed by atoms with van der Waals surface area (Å²) in [7, 11) is 0. The van der Waals surface area contributed by atoms with Gasteiger partial charge in [0.15, 0.2) is 0 Å². The number of ether oxygens (including phenoxy) is 2. The SMILES string of the molecule is [CH2]C/C=C\CCOCOCCCCCCC.[LiH]. The number of allylic oxidation sites excluding steroid dienone is 1. The van der Waals surface area contributed by atoms with Crippen LogP contribution < -0.4 is 0 Å². The Morgan fingerprint density at radius 3 is 2.35 bits per heavy atom. The fourth-order valence-electron chi connectivity index (χ4n) is 1.37. The molecule has 0 bridgehead atoms. The second-order valence-electron chi connectivity index (χ2n) is 3.90. The molecule has 0 aromatic heterocycles. The summed E-state index contributed by atoms with van der Waals surface area (Å²) in [6.45, 7) is 7.96. The zero-order chi connectivity index (χ0) is 11.9. The Labute approximate surface area is 119 Å². The predicted molar refractivity (Wildman–Crippen MR) is 76.4 cm³/mol. The van der Waals surface area contributed by atoms with Gasteiger partial charge in [-0.2, -0.15) is 0 Å². The third kappa shape index (κ3) is 18.8. The quantitative estimate of drug-likeness (QED) is 0.223. The first-order valence-electron chi connectivity index (χ1n) is 6.51. The van der Waals surface area contributed by atoms with Crippen molar-refractivity contribution in [1.82, 2.24) is 0 Å². The molecule has 0 amide bonds. The minimum atomic E-state index is 0. The van der Waals surface area contributed by atoms with Crippen LogP contribution in [0.5, 0.6) is 0 Å². The van der Waals surface area contributed by atoms with E-state index in [2.05, 4.69) is 26.0 Å². The van der Waals surface area contributed by atoms with Crippen LogP contribution in [0.1, 0.15) is 51.9 Å². The fourth-order valence-corrected chi connectivity index (χ4v) is 1.37. The summed E-state index contributed by atoms with van der Waals surface area (Å²) in [4.78, 5) is 0. The van der Waals surface area contributed by atoms with Crippen molar-refractivity contribution in [1.29, 1.82) is 0 Å². The standard InChI is InChI=1S/C14H27O2.Li.H/c1-3-5-7-9-11-13-16-14-15-12-10-8-6-4-2;;/h6,8H,2-5,7,9-14H2,1H3;;/b8-6-;;. The summed E-state index contributed by atoms with van der Waals surface area (Å²) >= 11 is 0. The van der Waals surface area contributed by atoms with E-state index >= 15 is 0 Å². The molecule has 97 valence electrons. The molecule has 0 unspecified atom stereocenters. The van der Waals surface area contributed by atoms with Crippen LogP contribution in [0.3, 0.4) is 0 Å². The topological polar surface area (TPSA) is 18.5 Å². The van der Waals surface area contributed by atoms with Crippen LogP contribution in [0, 0.1) is 6.92 Å². The molecule has 0 aromatic carbocycles. The van der Waals surface area contributed by atoms with Crippen molar-refractivity contribution < 1.29 is 9.47 Å². The summed E-state index contributed by atoms with van der Waals surface area (Å²) in [6.07, 6.45) is 12.4. The first-order valence-corrected chi connectivity index (χ1v) is 6.51. The molecule has 1 radical (unpaired) electrons. The maximum atomic E-state index is 5.36. The Morgan fingerprint density at radius 2 is 1.65 bits per heavy atom. The van der Waals surface area contributed by atoms with Crippen molar-refractivity contribution in [2.45, 2.75) is 51.9 Å². The van der Waals surface area contributed by atoms with Gasteiger partial charge in [-0.25, -0.2) is 0 Å². The molecule has 0 N–H and O–H groups in total. The average molecular weight is 235 g/mol. The van der Waals surface area contributed by atoms with E-state index < -0.39 is 0 Å². The van der Waals surface area contributed by atoms with Crippen LogP contribution in [0.15, 0.2) is 12.2 Å². The first-order chi connectivity index (χ1) is 7.91. The molecule has 0 aliphatic rings. The second-order valence-corrected chi connectivity index (χ2v) is 3.90. The van der Waals surface area contributed by atoms with E-state index in [1.807, 2.05) is 0 Å². The number of hydrogen-bond acceptors (Lipinski definition) is 2. The minimum absolute atomic E-state index is 0. The van der Waals surface area contributed by atoms with E-state index in [1.165, 1.54) is 25.7 Å². The van der Waals surface area contributed by atoms with Gasteiger partial charge >= 0.3 is 18.9 Å². The number of unbranched alkanes of at least 4 members (excludes halogenated alkanes) is 4. The van der Waals surface area contributed by atoms with Gasteiger partial charge in [-0.1, -0.05) is 44.8 Å². The van der Waals surface area contributed by atoms with Crippen LogP contribution in [-0.2, 0) is 9.47 Å². The molecule has 0 spiro atoms. The predicted octanol–water partition coefficient (Wildman–Crippen LogP) is 3.47. The molecule has 0 aliphatic carbocycles. The van der Waals surface area contributed by atoms with Crippen LogP contribution in [0.2, 0.25) is 0 Å². The Bertz CT molecular complexity index is 149. The monoisotopic (exact) mass is 235 g/mol. The third-order valence-corrected chi connectivity index (χ3v) is 2.32. The molecule has 0 rings (SSSR count). The van der Waals surface area contributed by atoms with Gasteiger partial charge in [0.2, 0.25) is 0 Å². The van der Waals surface area contributed by atoms with E-state index in [9.17, 15) is 0 Å². The van der Waals surface area contributed by atoms with Gasteiger partial charge < -0.3 is 9.47 Å². The van der Waals surface area contributed by atoms with Gasteiger partial charge in [-0.05, 0) is 26.2 Å². The van der Waals surface area contributed by atoms with E-state index in [0.717, 1.165) is 32.5 Å². The van der Waals surface area contributed by atoms with Crippen LogP contribution >= 0.6 is 0 Å². The van der Waals surface area contributed by atoms with Gasteiger partial charge in [0.25, 0.3) is 0 Å². The van der Waals surface area contributed by atoms with E-state index in [1.54, 1.807) is 0 Å². The molecular formula is C14H28LiO2. The Hall–Kier alpha value is 0.257. The Morgan fingerprint density at radius 1 is 0.941 bits per heavy atom. The number of hydrogen-bond donors (Lipinski definition) is 0. The van der Waals surface area contributed by atoms with Crippen LogP contribution in [0.4, 0.5) is 0 Å². The normalized spacial score (nSPS) is 10.7. The third-order valence-electron chi connectivity index (χ3n) is 2.32. The summed E-state index contributed by atoms with van der Waals surface area (Å²) in [5, 5.41) is 0. The molecule has 0 saturated carbocycles. The van der Waals surface area contributed by atoms with Crippen molar-refractivity contribution in [2.75, 3.05) is 20.0 Å². The molecule has 0 fully saturated rings. The molecular weight excluding hydrogens is 207 g/mol. The van der Waals surface area contributed by atoms with E-state index in [0.29, 0.717) is 6.79 Å². The van der Waals surface area contributed by atoms with E-state index in [4.69, 9.17) is 9.47 Å². The summed E-state index contributed by atoms with van der Waals surface area (Å²) in [5.41, 5.74) is 0. The zero-order valence-corrected chi connectivity index (χ0v) is 10.7. The molecule has 17 heavy (non-hydrogen) atoms. The molecule has 0 saturated heterocycles. The van der Waals surface area contributed by atoms with Gasteiger partial charge in [-0.15, -0.1) is 0 Å². The van der Waals surface area contributed by atoms with Crippen molar-refractivity contribution in [2.24, 2.45) is 0 Å². The van der Waals surface area contributed by atoms with E-state index in [-0.39, 0.29) is 18.9 Å². The molecule has 0 aromatic rings. The van der Waals surface area contributed by atoms with Crippen molar-refractivity contribution in [3.8, 4) is 0 Å². The maximum absolute atomic E-state index is 5.36. The van der Waals surface area contributed by atoms with Crippen molar-refractivity contribution in [3.63, 3.8) is 0 Å². The van der Waals surface area contributed by atoms with Crippen LogP contribution in [-0.4, -0.2) is 38.9 Å². The first kappa shape index (κ1) is 19.6. The zero-order valence-electron chi connectivity index (χ0n) is 10.7. The van der Waals surface area contributed by atoms with Gasteiger partial charge in [0.1, 0.15) is 6.79 Å². The summed E-state index contributed by atoms with van der Waals surface area (Å²) in [6, 6.07) is 0. The number of rotatable bonds is 12. The Kier molecular flexibility index (Phi) is 21.5. The molecule has 0 aliphatic heterocycles. The summed E-state index contributed by atoms with van der Waals surface area (Å²) in [5.74, 6) is 0. The van der Waals surface area contributed by atoms with Crippen molar-refractivity contribution in [3.05, 3.63) is 19.1 Å². The average Bonchev–Trinajstić information content (AvgIpc) is 2.31. The van der Waals surface area contributed by atoms with Crippen LogP contribution in [0.25, 0.3) is 0 Å². The van der Waals surface area contributed by atoms with Crippen molar-refractivity contribution >= 4 is 18.9 Å². The second kappa shape index (κ2) is 18.6.